The highest BCUT2D eigenvalue weighted by molar-refractivity contribution is 9.10. The topological polar surface area (TPSA) is 69.5 Å². The lowest BCUT2D eigenvalue weighted by molar-refractivity contribution is -0.141. The molecule has 0 bridgehead atoms. The van der Waals surface area contributed by atoms with E-state index in [4.69, 9.17) is 5.11 Å². The van der Waals surface area contributed by atoms with Gasteiger partial charge in [0.05, 0.1) is 23.2 Å². The molecule has 1 aliphatic heterocycles. The zero-order chi connectivity index (χ0) is 14.2. The van der Waals surface area contributed by atoms with Gasteiger partial charge in [-0.05, 0) is 22.4 Å². The van der Waals surface area contributed by atoms with Gasteiger partial charge < -0.3 is 15.1 Å². The maximum absolute atomic E-state index is 12.7. The molecule has 2 N–H and O–H groups in total. The molecule has 0 spiro atoms. The summed E-state index contributed by atoms with van der Waals surface area (Å²) in [5, 5.41) is 18.7. The van der Waals surface area contributed by atoms with Crippen molar-refractivity contribution in [3.63, 3.8) is 0 Å². The van der Waals surface area contributed by atoms with Gasteiger partial charge in [-0.25, -0.2) is 9.97 Å². The summed E-state index contributed by atoms with van der Waals surface area (Å²) in [7, 11) is 0. The van der Waals surface area contributed by atoms with Gasteiger partial charge in [0.2, 0.25) is 5.95 Å². The number of aliphatic hydroxyl groups is 2. The predicted octanol–water partition coefficient (Wildman–Crippen LogP) is 1.19. The summed E-state index contributed by atoms with van der Waals surface area (Å²) in [6.07, 6.45) is -4.01. The maximum atomic E-state index is 12.7. The molecule has 19 heavy (non-hydrogen) atoms. The minimum absolute atomic E-state index is 0.101. The molecule has 106 valence electrons. The van der Waals surface area contributed by atoms with Gasteiger partial charge in [-0.15, -0.1) is 0 Å². The van der Waals surface area contributed by atoms with Crippen molar-refractivity contribution >= 4 is 21.9 Å². The van der Waals surface area contributed by atoms with E-state index in [9.17, 15) is 18.3 Å². The van der Waals surface area contributed by atoms with Gasteiger partial charge >= 0.3 is 6.18 Å². The maximum Gasteiger partial charge on any atom is 0.434 e. The monoisotopic (exact) mass is 341 g/mol. The summed E-state index contributed by atoms with van der Waals surface area (Å²) in [6, 6.07) is -0.475. The molecule has 2 rings (SSSR count). The molecule has 1 aliphatic rings. The van der Waals surface area contributed by atoms with E-state index in [1.54, 1.807) is 0 Å². The molecule has 2 heterocycles. The number of hydrogen-bond donors (Lipinski definition) is 2. The van der Waals surface area contributed by atoms with Gasteiger partial charge in [0.25, 0.3) is 0 Å². The average molecular weight is 342 g/mol. The molecule has 1 saturated heterocycles. The summed E-state index contributed by atoms with van der Waals surface area (Å²) in [6.45, 7) is -0.179. The van der Waals surface area contributed by atoms with Crippen LogP contribution in [0.15, 0.2) is 10.7 Å². The summed E-state index contributed by atoms with van der Waals surface area (Å²) in [4.78, 5) is 8.67. The summed E-state index contributed by atoms with van der Waals surface area (Å²) >= 11 is 2.76. The van der Waals surface area contributed by atoms with Crippen molar-refractivity contribution in [2.75, 3.05) is 18.1 Å². The Hall–Kier alpha value is -0.930. The Morgan fingerprint density at radius 2 is 2.16 bits per heavy atom. The molecule has 0 unspecified atom stereocenters. The lowest BCUT2D eigenvalue weighted by Gasteiger charge is -2.23. The molecule has 0 aromatic carbocycles. The average Bonchev–Trinajstić information content (AvgIpc) is 2.69. The van der Waals surface area contributed by atoms with Crippen LogP contribution in [0.3, 0.4) is 0 Å². The number of aliphatic hydroxyl groups excluding tert-OH is 2. The predicted molar refractivity (Wildman–Crippen MR) is 63.6 cm³/mol. The Morgan fingerprint density at radius 3 is 2.74 bits per heavy atom. The largest absolute Gasteiger partial charge is 0.434 e. The number of halogens is 4. The van der Waals surface area contributed by atoms with Crippen LogP contribution in [0.4, 0.5) is 19.1 Å². The van der Waals surface area contributed by atoms with Crippen LogP contribution in [0.25, 0.3) is 0 Å². The van der Waals surface area contributed by atoms with Crippen LogP contribution >= 0.6 is 15.9 Å². The van der Waals surface area contributed by atoms with E-state index in [1.165, 1.54) is 4.90 Å². The Balaban J connectivity index is 2.36. The zero-order valence-electron chi connectivity index (χ0n) is 9.60. The molecule has 0 radical (unpaired) electrons. The van der Waals surface area contributed by atoms with Crippen molar-refractivity contribution in [3.8, 4) is 0 Å². The molecule has 1 fully saturated rings. The van der Waals surface area contributed by atoms with Crippen molar-refractivity contribution in [1.82, 2.24) is 9.97 Å². The number of anilines is 1. The summed E-state index contributed by atoms with van der Waals surface area (Å²) < 4.78 is 38.0. The third-order valence-corrected chi connectivity index (χ3v) is 3.44. The number of rotatable bonds is 2. The first-order chi connectivity index (χ1) is 8.82. The van der Waals surface area contributed by atoms with Crippen LogP contribution in [-0.4, -0.2) is 45.5 Å². The minimum atomic E-state index is -4.59. The van der Waals surface area contributed by atoms with E-state index >= 15 is 0 Å². The van der Waals surface area contributed by atoms with Gasteiger partial charge in [0.15, 0.2) is 5.69 Å². The standard InChI is InChI=1S/C10H11BrF3N3O2/c11-7-2-15-9(16-8(7)10(12,13)14)17-3-6(19)1-5(17)4-18/h2,5-6,18-19H,1,3-4H2/t5-,6-/m0/s1. The smallest absolute Gasteiger partial charge is 0.394 e. The highest BCUT2D eigenvalue weighted by Crippen LogP contribution is 2.34. The van der Waals surface area contributed by atoms with Crippen molar-refractivity contribution in [1.29, 1.82) is 0 Å². The fourth-order valence-electron chi connectivity index (χ4n) is 2.00. The highest BCUT2D eigenvalue weighted by atomic mass is 79.9. The molecule has 0 amide bonds. The quantitative estimate of drug-likeness (QED) is 0.845. The Morgan fingerprint density at radius 1 is 1.47 bits per heavy atom. The Labute approximate surface area is 115 Å². The molecule has 2 atom stereocenters. The van der Waals surface area contributed by atoms with Crippen LogP contribution < -0.4 is 4.90 Å². The van der Waals surface area contributed by atoms with Gasteiger partial charge in [0, 0.05) is 12.7 Å². The van der Waals surface area contributed by atoms with Crippen LogP contribution in [0.5, 0.6) is 0 Å². The second kappa shape index (κ2) is 5.22. The normalized spacial score (nSPS) is 24.0. The number of alkyl halides is 3. The molecule has 9 heteroatoms. The van der Waals surface area contributed by atoms with Crippen LogP contribution in [-0.2, 0) is 6.18 Å². The number of aromatic nitrogens is 2. The Bertz CT molecular complexity index is 472. The Kier molecular flexibility index (Phi) is 3.98. The first-order valence-corrected chi connectivity index (χ1v) is 6.27. The van der Waals surface area contributed by atoms with E-state index in [0.29, 0.717) is 0 Å². The first-order valence-electron chi connectivity index (χ1n) is 5.48. The van der Waals surface area contributed by atoms with Crippen LogP contribution in [0.2, 0.25) is 0 Å². The first kappa shape index (κ1) is 14.5. The van der Waals surface area contributed by atoms with E-state index in [0.717, 1.165) is 6.20 Å². The molecule has 0 saturated carbocycles. The van der Waals surface area contributed by atoms with E-state index in [-0.39, 0.29) is 30.0 Å². The van der Waals surface area contributed by atoms with Crippen molar-refractivity contribution in [3.05, 3.63) is 16.4 Å². The second-order valence-electron chi connectivity index (χ2n) is 4.24. The lowest BCUT2D eigenvalue weighted by Crippen LogP contribution is -2.34. The molecule has 1 aromatic rings. The number of β-amino-alcohol motifs (C(OH)–C–C–N with tert-alkyl or cyclic N) is 1. The van der Waals surface area contributed by atoms with Crippen molar-refractivity contribution < 1.29 is 23.4 Å². The van der Waals surface area contributed by atoms with Crippen molar-refractivity contribution in [2.45, 2.75) is 24.7 Å². The number of nitrogens with zero attached hydrogens (tertiary/aromatic N) is 3. The molecular formula is C10H11BrF3N3O2. The third-order valence-electron chi connectivity index (χ3n) is 2.86. The SMILES string of the molecule is OC[C@@H]1C[C@H](O)CN1c1ncc(Br)c(C(F)(F)F)n1. The molecule has 1 aromatic heterocycles. The molecular weight excluding hydrogens is 331 g/mol. The highest BCUT2D eigenvalue weighted by Gasteiger charge is 2.38. The fraction of sp³-hybridized carbons (Fsp3) is 0.600. The minimum Gasteiger partial charge on any atom is -0.394 e. The van der Waals surface area contributed by atoms with Crippen LogP contribution in [0.1, 0.15) is 12.1 Å². The summed E-state index contributed by atoms with van der Waals surface area (Å²) in [5.41, 5.74) is -1.07. The fourth-order valence-corrected chi connectivity index (χ4v) is 2.42. The lowest BCUT2D eigenvalue weighted by atomic mass is 10.2. The molecule has 5 nitrogen and oxygen atoms in total. The molecule has 0 aliphatic carbocycles. The van der Waals surface area contributed by atoms with E-state index in [1.807, 2.05) is 0 Å². The van der Waals surface area contributed by atoms with Gasteiger partial charge in [-0.3, -0.25) is 0 Å². The van der Waals surface area contributed by atoms with Gasteiger partial charge in [0.1, 0.15) is 0 Å². The number of hydrogen-bond acceptors (Lipinski definition) is 5. The zero-order valence-corrected chi connectivity index (χ0v) is 11.2. The second-order valence-corrected chi connectivity index (χ2v) is 5.10. The summed E-state index contributed by atoms with van der Waals surface area (Å²) in [5.74, 6) is -0.147. The van der Waals surface area contributed by atoms with Crippen LogP contribution in [0, 0.1) is 0 Å². The van der Waals surface area contributed by atoms with Crippen molar-refractivity contribution in [2.24, 2.45) is 0 Å². The van der Waals surface area contributed by atoms with Gasteiger partial charge in [-0.1, -0.05) is 0 Å². The van der Waals surface area contributed by atoms with E-state index < -0.39 is 24.0 Å². The third kappa shape index (κ3) is 2.98. The van der Waals surface area contributed by atoms with Gasteiger partial charge in [-0.2, -0.15) is 13.2 Å². The van der Waals surface area contributed by atoms with E-state index in [2.05, 4.69) is 25.9 Å².